The molecule has 1 aliphatic carbocycles. The molecule has 21 heavy (non-hydrogen) atoms. The van der Waals surface area contributed by atoms with E-state index in [4.69, 9.17) is 4.74 Å². The normalized spacial score (nSPS) is 14.0. The Morgan fingerprint density at radius 2 is 2.24 bits per heavy atom. The number of aromatic nitrogens is 3. The van der Waals surface area contributed by atoms with Gasteiger partial charge in [-0.3, -0.25) is 9.89 Å². The van der Waals surface area contributed by atoms with Crippen LogP contribution in [0.25, 0.3) is 0 Å². The number of hydrogen-bond acceptors (Lipinski definition) is 4. The fourth-order valence-corrected chi connectivity index (χ4v) is 2.00. The molecular formula is C15H18N4O2. The summed E-state index contributed by atoms with van der Waals surface area (Å²) in [6, 6.07) is 7.36. The Balaban J connectivity index is 1.71. The van der Waals surface area contributed by atoms with Gasteiger partial charge in [0.2, 0.25) is 5.82 Å². The Hall–Kier alpha value is -2.37. The average molecular weight is 286 g/mol. The van der Waals surface area contributed by atoms with Crippen LogP contribution in [0, 0.1) is 0 Å². The summed E-state index contributed by atoms with van der Waals surface area (Å²) in [5, 5.41) is 9.61. The number of rotatable bonds is 6. The predicted octanol–water partition coefficient (Wildman–Crippen LogP) is 2.72. The SMILES string of the molecule is CCCOc1ccccc1NC(=O)c1n[nH]c(C2CC2)n1. The number of H-pyrrole nitrogens is 1. The number of anilines is 1. The van der Waals surface area contributed by atoms with E-state index in [2.05, 4.69) is 20.5 Å². The van der Waals surface area contributed by atoms with E-state index in [0.29, 0.717) is 24.0 Å². The number of ether oxygens (including phenoxy) is 1. The van der Waals surface area contributed by atoms with E-state index in [-0.39, 0.29) is 11.7 Å². The Morgan fingerprint density at radius 1 is 1.43 bits per heavy atom. The van der Waals surface area contributed by atoms with Gasteiger partial charge in [0.25, 0.3) is 5.91 Å². The van der Waals surface area contributed by atoms with E-state index in [0.717, 1.165) is 25.1 Å². The van der Waals surface area contributed by atoms with Crippen molar-refractivity contribution in [3.05, 3.63) is 35.9 Å². The molecule has 6 nitrogen and oxygen atoms in total. The lowest BCUT2D eigenvalue weighted by Crippen LogP contribution is -2.14. The Morgan fingerprint density at radius 3 is 3.00 bits per heavy atom. The van der Waals surface area contributed by atoms with Crippen LogP contribution in [-0.4, -0.2) is 27.7 Å². The number of amides is 1. The first-order chi connectivity index (χ1) is 10.3. The summed E-state index contributed by atoms with van der Waals surface area (Å²) in [5.74, 6) is 1.74. The molecule has 0 bridgehead atoms. The maximum Gasteiger partial charge on any atom is 0.295 e. The monoisotopic (exact) mass is 286 g/mol. The molecule has 1 amide bonds. The molecule has 0 spiro atoms. The summed E-state index contributed by atoms with van der Waals surface area (Å²) in [5.41, 5.74) is 0.633. The first-order valence-corrected chi connectivity index (χ1v) is 7.23. The quantitative estimate of drug-likeness (QED) is 0.855. The second-order valence-electron chi connectivity index (χ2n) is 5.12. The highest BCUT2D eigenvalue weighted by atomic mass is 16.5. The number of para-hydroxylation sites is 2. The first-order valence-electron chi connectivity index (χ1n) is 7.23. The Kier molecular flexibility index (Phi) is 3.85. The van der Waals surface area contributed by atoms with Gasteiger partial charge in [0, 0.05) is 5.92 Å². The van der Waals surface area contributed by atoms with E-state index < -0.39 is 0 Å². The number of aromatic amines is 1. The molecule has 0 aliphatic heterocycles. The van der Waals surface area contributed by atoms with Crippen molar-refractivity contribution in [3.8, 4) is 5.75 Å². The summed E-state index contributed by atoms with van der Waals surface area (Å²) in [6.07, 6.45) is 3.14. The molecule has 0 radical (unpaired) electrons. The molecule has 1 aromatic carbocycles. The lowest BCUT2D eigenvalue weighted by Gasteiger charge is -2.10. The molecule has 1 heterocycles. The van der Waals surface area contributed by atoms with Crippen LogP contribution in [0.3, 0.4) is 0 Å². The summed E-state index contributed by atoms with van der Waals surface area (Å²) < 4.78 is 5.61. The lowest BCUT2D eigenvalue weighted by atomic mass is 10.3. The van der Waals surface area contributed by atoms with Crippen molar-refractivity contribution in [2.75, 3.05) is 11.9 Å². The predicted molar refractivity (Wildman–Crippen MR) is 78.5 cm³/mol. The molecule has 1 aromatic heterocycles. The minimum absolute atomic E-state index is 0.169. The van der Waals surface area contributed by atoms with Gasteiger partial charge in [0.1, 0.15) is 11.6 Å². The van der Waals surface area contributed by atoms with Gasteiger partial charge in [-0.2, -0.15) is 0 Å². The van der Waals surface area contributed by atoms with Crippen LogP contribution in [0.1, 0.15) is 48.5 Å². The highest BCUT2D eigenvalue weighted by molar-refractivity contribution is 6.02. The van der Waals surface area contributed by atoms with Crippen LogP contribution >= 0.6 is 0 Å². The molecule has 1 saturated carbocycles. The van der Waals surface area contributed by atoms with Gasteiger partial charge in [0.05, 0.1) is 12.3 Å². The number of benzene rings is 1. The average Bonchev–Trinajstić information content (AvgIpc) is 3.23. The Bertz CT molecular complexity index is 634. The Labute approximate surface area is 122 Å². The molecule has 2 aromatic rings. The fraction of sp³-hybridized carbons (Fsp3) is 0.400. The van der Waals surface area contributed by atoms with Gasteiger partial charge in [0.15, 0.2) is 0 Å². The molecule has 2 N–H and O–H groups in total. The standard InChI is InChI=1S/C15H18N4O2/c1-2-9-21-12-6-4-3-5-11(12)16-15(20)14-17-13(18-19-14)10-7-8-10/h3-6,10H,2,7-9H2,1H3,(H,16,20)(H,17,18,19). The zero-order valence-corrected chi connectivity index (χ0v) is 11.9. The second-order valence-corrected chi connectivity index (χ2v) is 5.12. The van der Waals surface area contributed by atoms with Crippen molar-refractivity contribution in [2.45, 2.75) is 32.1 Å². The fourth-order valence-electron chi connectivity index (χ4n) is 2.00. The zero-order chi connectivity index (χ0) is 14.7. The smallest absolute Gasteiger partial charge is 0.295 e. The van der Waals surface area contributed by atoms with Gasteiger partial charge in [-0.05, 0) is 31.4 Å². The second kappa shape index (κ2) is 5.95. The molecule has 0 unspecified atom stereocenters. The van der Waals surface area contributed by atoms with Crippen molar-refractivity contribution in [1.82, 2.24) is 15.2 Å². The molecule has 1 aliphatic rings. The minimum Gasteiger partial charge on any atom is -0.491 e. The molecule has 3 rings (SSSR count). The van der Waals surface area contributed by atoms with Crippen LogP contribution in [0.15, 0.2) is 24.3 Å². The van der Waals surface area contributed by atoms with Crippen molar-refractivity contribution in [3.63, 3.8) is 0 Å². The molecule has 1 fully saturated rings. The van der Waals surface area contributed by atoms with E-state index in [1.54, 1.807) is 6.07 Å². The number of carbonyl (C=O) groups is 1. The van der Waals surface area contributed by atoms with E-state index in [1.165, 1.54) is 0 Å². The number of hydrogen-bond donors (Lipinski definition) is 2. The molecule has 110 valence electrons. The van der Waals surface area contributed by atoms with Crippen molar-refractivity contribution >= 4 is 11.6 Å². The maximum atomic E-state index is 12.2. The van der Waals surface area contributed by atoms with E-state index in [9.17, 15) is 4.79 Å². The van der Waals surface area contributed by atoms with Crippen LogP contribution < -0.4 is 10.1 Å². The third kappa shape index (κ3) is 3.21. The summed E-state index contributed by atoms with van der Waals surface area (Å²) in [6.45, 7) is 2.65. The first kappa shape index (κ1) is 13.6. The summed E-state index contributed by atoms with van der Waals surface area (Å²) in [4.78, 5) is 16.4. The van der Waals surface area contributed by atoms with Crippen LogP contribution in [0.4, 0.5) is 5.69 Å². The van der Waals surface area contributed by atoms with Crippen LogP contribution in [0.2, 0.25) is 0 Å². The molecule has 0 atom stereocenters. The largest absolute Gasteiger partial charge is 0.491 e. The van der Waals surface area contributed by atoms with Gasteiger partial charge in [-0.25, -0.2) is 4.98 Å². The summed E-state index contributed by atoms with van der Waals surface area (Å²) in [7, 11) is 0. The number of carbonyl (C=O) groups excluding carboxylic acids is 1. The van der Waals surface area contributed by atoms with Crippen molar-refractivity contribution < 1.29 is 9.53 Å². The number of nitrogens with one attached hydrogen (secondary N) is 2. The minimum atomic E-state index is -0.328. The van der Waals surface area contributed by atoms with Gasteiger partial charge in [-0.1, -0.05) is 19.1 Å². The van der Waals surface area contributed by atoms with E-state index >= 15 is 0 Å². The van der Waals surface area contributed by atoms with E-state index in [1.807, 2.05) is 25.1 Å². The highest BCUT2D eigenvalue weighted by Crippen LogP contribution is 2.37. The molecule has 0 saturated heterocycles. The van der Waals surface area contributed by atoms with Gasteiger partial charge < -0.3 is 10.1 Å². The zero-order valence-electron chi connectivity index (χ0n) is 11.9. The van der Waals surface area contributed by atoms with Crippen molar-refractivity contribution in [1.29, 1.82) is 0 Å². The summed E-state index contributed by atoms with van der Waals surface area (Å²) >= 11 is 0. The van der Waals surface area contributed by atoms with Crippen LogP contribution in [0.5, 0.6) is 5.75 Å². The topological polar surface area (TPSA) is 79.9 Å². The third-order valence-electron chi connectivity index (χ3n) is 3.27. The molecule has 6 heteroatoms. The lowest BCUT2D eigenvalue weighted by molar-refractivity contribution is 0.101. The highest BCUT2D eigenvalue weighted by Gasteiger charge is 2.28. The van der Waals surface area contributed by atoms with Gasteiger partial charge in [-0.15, -0.1) is 5.10 Å². The van der Waals surface area contributed by atoms with Gasteiger partial charge >= 0.3 is 0 Å². The third-order valence-corrected chi connectivity index (χ3v) is 3.27. The maximum absolute atomic E-state index is 12.2. The van der Waals surface area contributed by atoms with Crippen molar-refractivity contribution in [2.24, 2.45) is 0 Å². The van der Waals surface area contributed by atoms with Crippen LogP contribution in [-0.2, 0) is 0 Å². The number of nitrogens with zero attached hydrogens (tertiary/aromatic N) is 2. The molecular weight excluding hydrogens is 268 g/mol.